The summed E-state index contributed by atoms with van der Waals surface area (Å²) in [4.78, 5) is 10.4. The zero-order valence-corrected chi connectivity index (χ0v) is 10.2. The molecule has 0 fully saturated rings. The smallest absolute Gasteiger partial charge is 0.293 e. The van der Waals surface area contributed by atoms with Gasteiger partial charge in [0.05, 0.1) is 28.2 Å². The van der Waals surface area contributed by atoms with Crippen LogP contribution in [-0.2, 0) is 0 Å². The van der Waals surface area contributed by atoms with E-state index in [1.807, 2.05) is 12.1 Å². The number of rotatable bonds is 3. The molecule has 0 bridgehead atoms. The van der Waals surface area contributed by atoms with Gasteiger partial charge in [-0.25, -0.2) is 0 Å². The van der Waals surface area contributed by atoms with Crippen LogP contribution in [0.2, 0.25) is 0 Å². The minimum absolute atomic E-state index is 0.189. The zero-order chi connectivity index (χ0) is 14.5. The Morgan fingerprint density at radius 1 is 1.05 bits per heavy atom. The van der Waals surface area contributed by atoms with Gasteiger partial charge in [0.1, 0.15) is 5.69 Å². The van der Waals surface area contributed by atoms with Crippen molar-refractivity contribution in [2.45, 2.75) is 0 Å². The molecule has 0 aliphatic heterocycles. The lowest BCUT2D eigenvalue weighted by Gasteiger charge is -2.07. The summed E-state index contributed by atoms with van der Waals surface area (Å²) in [6.45, 7) is 0. The molecule has 96 valence electrons. The zero-order valence-electron chi connectivity index (χ0n) is 10.2. The molecule has 1 N–H and O–H groups in total. The first kappa shape index (κ1) is 13.1. The first-order chi connectivity index (χ1) is 9.63. The molecule has 2 rings (SSSR count). The summed E-state index contributed by atoms with van der Waals surface area (Å²) in [5.41, 5.74) is 1.31. The lowest BCUT2D eigenvalue weighted by molar-refractivity contribution is -0.383. The maximum Gasteiger partial charge on any atom is 0.293 e. The molecule has 2 aromatic rings. The molecule has 0 atom stereocenters. The van der Waals surface area contributed by atoms with Gasteiger partial charge < -0.3 is 5.32 Å². The van der Waals surface area contributed by atoms with Gasteiger partial charge in [-0.05, 0) is 30.3 Å². The normalized spacial score (nSPS) is 9.30. The Labute approximate surface area is 114 Å². The predicted octanol–water partition coefficient (Wildman–Crippen LogP) is 3.08. The van der Waals surface area contributed by atoms with Gasteiger partial charge >= 0.3 is 0 Å². The summed E-state index contributed by atoms with van der Waals surface area (Å²) in [6, 6.07) is 14.6. The monoisotopic (exact) mass is 264 g/mol. The van der Waals surface area contributed by atoms with Crippen LogP contribution in [0.25, 0.3) is 0 Å². The Balaban J connectivity index is 2.41. The minimum Gasteiger partial charge on any atom is -0.350 e. The van der Waals surface area contributed by atoms with E-state index in [0.29, 0.717) is 11.3 Å². The molecule has 0 aliphatic rings. The number of benzene rings is 2. The van der Waals surface area contributed by atoms with Crippen molar-refractivity contribution in [3.05, 3.63) is 63.7 Å². The first-order valence-corrected chi connectivity index (χ1v) is 5.60. The SMILES string of the molecule is N#Cc1cccc(Nc2ccc(C#N)cc2[N+](=O)[O-])c1. The van der Waals surface area contributed by atoms with Gasteiger partial charge in [-0.2, -0.15) is 10.5 Å². The number of hydrogen-bond donors (Lipinski definition) is 1. The van der Waals surface area contributed by atoms with Crippen LogP contribution in [0.15, 0.2) is 42.5 Å². The van der Waals surface area contributed by atoms with Crippen molar-refractivity contribution in [2.75, 3.05) is 5.32 Å². The molecule has 6 heteroatoms. The minimum atomic E-state index is -0.558. The summed E-state index contributed by atoms with van der Waals surface area (Å²) < 4.78 is 0. The van der Waals surface area contributed by atoms with Gasteiger partial charge in [0.25, 0.3) is 5.69 Å². The lowest BCUT2D eigenvalue weighted by atomic mass is 10.1. The van der Waals surface area contributed by atoms with Crippen molar-refractivity contribution in [1.82, 2.24) is 0 Å². The second kappa shape index (κ2) is 5.51. The van der Waals surface area contributed by atoms with Crippen molar-refractivity contribution in [2.24, 2.45) is 0 Å². The van der Waals surface area contributed by atoms with Crippen molar-refractivity contribution in [3.63, 3.8) is 0 Å². The van der Waals surface area contributed by atoms with Crippen molar-refractivity contribution in [1.29, 1.82) is 10.5 Å². The fourth-order valence-corrected chi connectivity index (χ4v) is 1.68. The number of nitro groups is 1. The number of nitrogens with one attached hydrogen (secondary N) is 1. The molecular formula is C14H8N4O2. The van der Waals surface area contributed by atoms with E-state index in [2.05, 4.69) is 5.32 Å². The van der Waals surface area contributed by atoms with Crippen LogP contribution in [0, 0.1) is 32.8 Å². The van der Waals surface area contributed by atoms with Crippen LogP contribution in [-0.4, -0.2) is 4.92 Å². The highest BCUT2D eigenvalue weighted by atomic mass is 16.6. The molecule has 0 saturated heterocycles. The first-order valence-electron chi connectivity index (χ1n) is 5.60. The van der Waals surface area contributed by atoms with E-state index in [4.69, 9.17) is 10.5 Å². The van der Waals surface area contributed by atoms with Crippen LogP contribution in [0.4, 0.5) is 17.1 Å². The average molecular weight is 264 g/mol. The largest absolute Gasteiger partial charge is 0.350 e. The third kappa shape index (κ3) is 2.71. The molecule has 2 aromatic carbocycles. The molecule has 0 heterocycles. The number of anilines is 2. The Bertz CT molecular complexity index is 756. The van der Waals surface area contributed by atoms with E-state index >= 15 is 0 Å². The number of nitro benzene ring substituents is 1. The molecule has 0 amide bonds. The molecule has 6 nitrogen and oxygen atoms in total. The van der Waals surface area contributed by atoms with Gasteiger partial charge in [0.2, 0.25) is 0 Å². The van der Waals surface area contributed by atoms with Crippen LogP contribution < -0.4 is 5.32 Å². The van der Waals surface area contributed by atoms with Crippen LogP contribution in [0.3, 0.4) is 0 Å². The van der Waals surface area contributed by atoms with Gasteiger partial charge in [-0.3, -0.25) is 10.1 Å². The predicted molar refractivity (Wildman–Crippen MR) is 72.3 cm³/mol. The standard InChI is InChI=1S/C14H8N4O2/c15-8-10-2-1-3-12(6-10)17-13-5-4-11(9-16)7-14(13)18(19)20/h1-7,17H. The molecule has 0 unspecified atom stereocenters. The van der Waals surface area contributed by atoms with Crippen LogP contribution in [0.1, 0.15) is 11.1 Å². The van der Waals surface area contributed by atoms with Crippen molar-refractivity contribution < 1.29 is 4.92 Å². The van der Waals surface area contributed by atoms with Crippen molar-refractivity contribution >= 4 is 17.1 Å². The second-order valence-corrected chi connectivity index (χ2v) is 3.92. The van der Waals surface area contributed by atoms with E-state index in [9.17, 15) is 10.1 Å². The Morgan fingerprint density at radius 2 is 1.75 bits per heavy atom. The van der Waals surface area contributed by atoms with E-state index in [1.54, 1.807) is 24.3 Å². The topological polar surface area (TPSA) is 103 Å². The highest BCUT2D eigenvalue weighted by Crippen LogP contribution is 2.28. The summed E-state index contributed by atoms with van der Waals surface area (Å²) in [7, 11) is 0. The summed E-state index contributed by atoms with van der Waals surface area (Å²) in [5.74, 6) is 0. The molecule has 20 heavy (non-hydrogen) atoms. The van der Waals surface area contributed by atoms with E-state index in [1.165, 1.54) is 18.2 Å². The third-order valence-corrected chi connectivity index (χ3v) is 2.59. The Hall–Kier alpha value is -3.38. The number of nitriles is 2. The highest BCUT2D eigenvalue weighted by molar-refractivity contribution is 5.71. The van der Waals surface area contributed by atoms with E-state index in [-0.39, 0.29) is 16.9 Å². The summed E-state index contributed by atoms with van der Waals surface area (Å²) in [5, 5.41) is 31.5. The molecule has 0 aliphatic carbocycles. The van der Waals surface area contributed by atoms with Crippen LogP contribution in [0.5, 0.6) is 0 Å². The fraction of sp³-hybridized carbons (Fsp3) is 0. The number of hydrogen-bond acceptors (Lipinski definition) is 5. The Morgan fingerprint density at radius 3 is 2.40 bits per heavy atom. The van der Waals surface area contributed by atoms with Gasteiger partial charge in [0.15, 0.2) is 0 Å². The van der Waals surface area contributed by atoms with E-state index < -0.39 is 4.92 Å². The lowest BCUT2D eigenvalue weighted by Crippen LogP contribution is -1.98. The molecular weight excluding hydrogens is 256 g/mol. The molecule has 0 spiro atoms. The highest BCUT2D eigenvalue weighted by Gasteiger charge is 2.14. The fourth-order valence-electron chi connectivity index (χ4n) is 1.68. The maximum absolute atomic E-state index is 11.0. The quantitative estimate of drug-likeness (QED) is 0.677. The molecule has 0 saturated carbocycles. The van der Waals surface area contributed by atoms with Crippen molar-refractivity contribution in [3.8, 4) is 12.1 Å². The summed E-state index contributed by atoms with van der Waals surface area (Å²) >= 11 is 0. The van der Waals surface area contributed by atoms with Gasteiger partial charge in [-0.15, -0.1) is 0 Å². The molecule has 0 aromatic heterocycles. The Kier molecular flexibility index (Phi) is 3.60. The maximum atomic E-state index is 11.0. The second-order valence-electron chi connectivity index (χ2n) is 3.92. The third-order valence-electron chi connectivity index (χ3n) is 2.59. The van der Waals surface area contributed by atoms with Gasteiger partial charge in [-0.1, -0.05) is 6.07 Å². The average Bonchev–Trinajstić information content (AvgIpc) is 2.47. The summed E-state index contributed by atoms with van der Waals surface area (Å²) in [6.07, 6.45) is 0. The van der Waals surface area contributed by atoms with Crippen LogP contribution >= 0.6 is 0 Å². The molecule has 0 radical (unpaired) electrons. The van der Waals surface area contributed by atoms with Gasteiger partial charge in [0, 0.05) is 11.8 Å². The number of nitrogens with zero attached hydrogens (tertiary/aromatic N) is 3. The van der Waals surface area contributed by atoms with E-state index in [0.717, 1.165) is 0 Å².